The second-order valence-electron chi connectivity index (χ2n) is 4.73. The number of hydrogen-bond acceptors (Lipinski definition) is 9. The quantitative estimate of drug-likeness (QED) is 0.400. The van der Waals surface area contributed by atoms with E-state index in [1.54, 1.807) is 31.7 Å². The summed E-state index contributed by atoms with van der Waals surface area (Å²) in [6.45, 7) is 2.28. The van der Waals surface area contributed by atoms with Crippen molar-refractivity contribution in [3.05, 3.63) is 29.1 Å². The molecule has 2 aromatic rings. The summed E-state index contributed by atoms with van der Waals surface area (Å²) in [7, 11) is 1.55. The van der Waals surface area contributed by atoms with E-state index in [-0.39, 0.29) is 19.0 Å². The van der Waals surface area contributed by atoms with Crippen LogP contribution in [0.25, 0.3) is 0 Å². The molecule has 1 heterocycles. The fourth-order valence-corrected chi connectivity index (χ4v) is 2.46. The minimum Gasteiger partial charge on any atom is -0.493 e. The Morgan fingerprint density at radius 2 is 2.32 bits per heavy atom. The van der Waals surface area contributed by atoms with Gasteiger partial charge in [0.25, 0.3) is 0 Å². The number of nitrogens with one attached hydrogen (secondary N) is 1. The van der Waals surface area contributed by atoms with Crippen molar-refractivity contribution in [1.29, 1.82) is 0 Å². The topological polar surface area (TPSA) is 108 Å². The number of carbonyl (C=O) groups excluding carboxylic acids is 1. The third-order valence-corrected chi connectivity index (χ3v) is 3.74. The minimum atomic E-state index is -0.310. The number of aromatic nitrogens is 1. The summed E-state index contributed by atoms with van der Waals surface area (Å²) in [5.74, 6) is 1.17. The van der Waals surface area contributed by atoms with Crippen molar-refractivity contribution in [2.75, 3.05) is 31.5 Å². The van der Waals surface area contributed by atoms with Crippen LogP contribution in [0.3, 0.4) is 0 Å². The Kier molecular flexibility index (Phi) is 7.02. The molecular weight excluding hydrogens is 344 g/mol. The molecule has 9 heteroatoms. The van der Waals surface area contributed by atoms with Gasteiger partial charge in [0.1, 0.15) is 5.82 Å². The van der Waals surface area contributed by atoms with Crippen molar-refractivity contribution in [3.63, 3.8) is 0 Å². The number of thiazole rings is 1. The maximum atomic E-state index is 11.4. The average Bonchev–Trinajstić information content (AvgIpc) is 3.01. The smallest absolute Gasteiger partial charge is 0.309 e. The normalized spacial score (nSPS) is 10.6. The summed E-state index contributed by atoms with van der Waals surface area (Å²) in [6, 6.07) is 5.41. The molecule has 0 saturated heterocycles. The predicted molar refractivity (Wildman–Crippen MR) is 97.5 cm³/mol. The Bertz CT molecular complexity index is 733. The molecule has 0 unspecified atom stereocenters. The van der Waals surface area contributed by atoms with Gasteiger partial charge in [0.2, 0.25) is 5.13 Å². The zero-order chi connectivity index (χ0) is 18.1. The van der Waals surface area contributed by atoms with Gasteiger partial charge < -0.3 is 19.9 Å². The van der Waals surface area contributed by atoms with Crippen LogP contribution in [0, 0.1) is 0 Å². The molecule has 0 amide bonds. The van der Waals surface area contributed by atoms with Gasteiger partial charge >= 0.3 is 5.97 Å². The molecule has 0 aliphatic heterocycles. The van der Waals surface area contributed by atoms with Gasteiger partial charge in [0, 0.05) is 10.9 Å². The number of nitrogens with two attached hydrogens (primary N) is 1. The van der Waals surface area contributed by atoms with Gasteiger partial charge in [-0.3, -0.25) is 10.2 Å². The van der Waals surface area contributed by atoms with Gasteiger partial charge in [-0.25, -0.2) is 4.98 Å². The van der Waals surface area contributed by atoms with Gasteiger partial charge in [-0.2, -0.15) is 5.10 Å². The summed E-state index contributed by atoms with van der Waals surface area (Å²) in [5.41, 5.74) is 9.05. The van der Waals surface area contributed by atoms with E-state index in [0.717, 1.165) is 0 Å². The van der Waals surface area contributed by atoms with E-state index in [1.165, 1.54) is 11.3 Å². The second-order valence-corrected chi connectivity index (χ2v) is 5.59. The molecule has 0 aliphatic carbocycles. The monoisotopic (exact) mass is 364 g/mol. The molecule has 0 radical (unpaired) electrons. The first kappa shape index (κ1) is 18.5. The van der Waals surface area contributed by atoms with E-state index in [2.05, 4.69) is 15.5 Å². The molecule has 134 valence electrons. The highest BCUT2D eigenvalue weighted by Crippen LogP contribution is 2.30. The Labute approximate surface area is 149 Å². The molecular formula is C16H20N4O4S. The first-order chi connectivity index (χ1) is 12.1. The number of hydrogen-bond donors (Lipinski definition) is 2. The van der Waals surface area contributed by atoms with Gasteiger partial charge in [-0.15, -0.1) is 11.3 Å². The van der Waals surface area contributed by atoms with E-state index in [4.69, 9.17) is 19.9 Å². The summed E-state index contributed by atoms with van der Waals surface area (Å²) in [6.07, 6.45) is 1.74. The number of benzene rings is 1. The number of rotatable bonds is 9. The van der Waals surface area contributed by atoms with Crippen LogP contribution in [0.15, 0.2) is 28.7 Å². The lowest BCUT2D eigenvalue weighted by Gasteiger charge is -2.12. The summed E-state index contributed by atoms with van der Waals surface area (Å²) in [4.78, 5) is 15.5. The van der Waals surface area contributed by atoms with Crippen molar-refractivity contribution in [2.24, 2.45) is 5.10 Å². The number of esters is 1. The number of methoxy groups -OCH3 is 1. The lowest BCUT2D eigenvalue weighted by Crippen LogP contribution is -2.10. The second kappa shape index (κ2) is 9.48. The van der Waals surface area contributed by atoms with Crippen molar-refractivity contribution in [1.82, 2.24) is 4.98 Å². The number of anilines is 2. The molecule has 0 spiro atoms. The van der Waals surface area contributed by atoms with Crippen LogP contribution < -0.4 is 20.6 Å². The highest BCUT2D eigenvalue weighted by molar-refractivity contribution is 7.14. The summed E-state index contributed by atoms with van der Waals surface area (Å²) >= 11 is 1.35. The number of para-hydroxylation sites is 1. The third-order valence-electron chi connectivity index (χ3n) is 2.97. The summed E-state index contributed by atoms with van der Waals surface area (Å²) < 4.78 is 15.9. The SMILES string of the molecule is CCOC(=O)CCOc1c(C=NNc2nc(N)cs2)cccc1OC. The van der Waals surface area contributed by atoms with E-state index >= 15 is 0 Å². The Morgan fingerprint density at radius 3 is 3.00 bits per heavy atom. The van der Waals surface area contributed by atoms with Crippen molar-refractivity contribution >= 4 is 34.5 Å². The molecule has 2 rings (SSSR count). The van der Waals surface area contributed by atoms with Crippen molar-refractivity contribution in [2.45, 2.75) is 13.3 Å². The van der Waals surface area contributed by atoms with E-state index in [0.29, 0.717) is 34.6 Å². The minimum absolute atomic E-state index is 0.152. The first-order valence-corrected chi connectivity index (χ1v) is 8.47. The van der Waals surface area contributed by atoms with Crippen LogP contribution in [0.2, 0.25) is 0 Å². The lowest BCUT2D eigenvalue weighted by molar-refractivity contribution is -0.143. The highest BCUT2D eigenvalue weighted by Gasteiger charge is 2.11. The molecule has 3 N–H and O–H groups in total. The van der Waals surface area contributed by atoms with Crippen molar-refractivity contribution < 1.29 is 19.0 Å². The Hall–Kier alpha value is -2.81. The standard InChI is InChI=1S/C16H20N4O4S/c1-3-23-14(21)7-8-24-15-11(5-4-6-12(15)22-2)9-18-20-16-19-13(17)10-25-16/h4-6,9-10H,3,7-8,17H2,1-2H3,(H,19,20). The predicted octanol–water partition coefficient (Wildman–Crippen LogP) is 2.51. The van der Waals surface area contributed by atoms with E-state index in [1.807, 2.05) is 12.1 Å². The lowest BCUT2D eigenvalue weighted by atomic mass is 10.2. The van der Waals surface area contributed by atoms with Crippen LogP contribution in [0.1, 0.15) is 18.9 Å². The fourth-order valence-electron chi connectivity index (χ4n) is 1.91. The highest BCUT2D eigenvalue weighted by atomic mass is 32.1. The number of hydrazone groups is 1. The maximum Gasteiger partial charge on any atom is 0.309 e. The number of carbonyl (C=O) groups is 1. The van der Waals surface area contributed by atoms with Crippen LogP contribution in [0.5, 0.6) is 11.5 Å². The largest absolute Gasteiger partial charge is 0.493 e. The number of nitrogen functional groups attached to an aromatic ring is 1. The fraction of sp³-hybridized carbons (Fsp3) is 0.312. The van der Waals surface area contributed by atoms with Gasteiger partial charge in [-0.05, 0) is 19.1 Å². The van der Waals surface area contributed by atoms with Gasteiger partial charge in [-0.1, -0.05) is 6.07 Å². The van der Waals surface area contributed by atoms with Crippen LogP contribution in [-0.4, -0.2) is 37.5 Å². The Balaban J connectivity index is 2.04. The molecule has 1 aromatic carbocycles. The van der Waals surface area contributed by atoms with Gasteiger partial charge in [0.05, 0.1) is 33.0 Å². The molecule has 8 nitrogen and oxygen atoms in total. The molecule has 0 aliphatic rings. The van der Waals surface area contributed by atoms with E-state index in [9.17, 15) is 4.79 Å². The molecule has 25 heavy (non-hydrogen) atoms. The van der Waals surface area contributed by atoms with Crippen LogP contribution in [0.4, 0.5) is 10.9 Å². The maximum absolute atomic E-state index is 11.4. The molecule has 0 bridgehead atoms. The number of nitrogens with zero attached hydrogens (tertiary/aromatic N) is 2. The summed E-state index contributed by atoms with van der Waals surface area (Å²) in [5, 5.41) is 6.42. The molecule has 0 saturated carbocycles. The molecule has 0 fully saturated rings. The Morgan fingerprint density at radius 1 is 1.48 bits per heavy atom. The third kappa shape index (κ3) is 5.64. The van der Waals surface area contributed by atoms with Crippen molar-refractivity contribution in [3.8, 4) is 11.5 Å². The average molecular weight is 364 g/mol. The molecule has 1 aromatic heterocycles. The van der Waals surface area contributed by atoms with Gasteiger partial charge in [0.15, 0.2) is 11.5 Å². The zero-order valence-corrected chi connectivity index (χ0v) is 14.8. The first-order valence-electron chi connectivity index (χ1n) is 7.59. The zero-order valence-electron chi connectivity index (χ0n) is 14.0. The van der Waals surface area contributed by atoms with Crippen LogP contribution in [-0.2, 0) is 9.53 Å². The van der Waals surface area contributed by atoms with Crippen LogP contribution >= 0.6 is 11.3 Å². The number of ether oxygens (including phenoxy) is 3. The molecule has 0 atom stereocenters. The van der Waals surface area contributed by atoms with E-state index < -0.39 is 0 Å².